The van der Waals surface area contributed by atoms with E-state index in [1.165, 1.54) is 46.6 Å². The molecule has 1 atom stereocenters. The highest BCUT2D eigenvalue weighted by molar-refractivity contribution is 7.89. The van der Waals surface area contributed by atoms with Gasteiger partial charge in [-0.3, -0.25) is 10.1 Å². The minimum absolute atomic E-state index is 0.0677. The van der Waals surface area contributed by atoms with Gasteiger partial charge in [-0.2, -0.15) is 4.31 Å². The van der Waals surface area contributed by atoms with E-state index < -0.39 is 32.7 Å². The largest absolute Gasteiger partial charge is 0.497 e. The lowest BCUT2D eigenvalue weighted by Crippen LogP contribution is -2.52. The van der Waals surface area contributed by atoms with Gasteiger partial charge in [0, 0.05) is 37.8 Å². The molecule has 0 saturated carbocycles. The van der Waals surface area contributed by atoms with E-state index in [4.69, 9.17) is 9.47 Å². The average molecular weight is 506 g/mol. The van der Waals surface area contributed by atoms with Crippen LogP contribution in [0.1, 0.15) is 39.2 Å². The van der Waals surface area contributed by atoms with Crippen LogP contribution in [-0.4, -0.2) is 60.5 Å². The number of amides is 1. The molecule has 1 heterocycles. The van der Waals surface area contributed by atoms with Crippen molar-refractivity contribution in [2.24, 2.45) is 0 Å². The number of hydrogen-bond acceptors (Lipinski definition) is 7. The van der Waals surface area contributed by atoms with Crippen LogP contribution in [0.15, 0.2) is 53.4 Å². The van der Waals surface area contributed by atoms with Crippen molar-refractivity contribution < 1.29 is 27.6 Å². The highest BCUT2D eigenvalue weighted by Crippen LogP contribution is 2.28. The van der Waals surface area contributed by atoms with Gasteiger partial charge in [0.15, 0.2) is 0 Å². The summed E-state index contributed by atoms with van der Waals surface area (Å²) in [5.41, 5.74) is -0.323. The third-order valence-electron chi connectivity index (χ3n) is 5.58. The Hall–Kier alpha value is -3.18. The molecule has 0 radical (unpaired) electrons. The first-order valence-corrected chi connectivity index (χ1v) is 12.7. The summed E-state index contributed by atoms with van der Waals surface area (Å²) in [6.07, 6.45) is 0.622. The van der Waals surface area contributed by atoms with Crippen molar-refractivity contribution in [2.45, 2.75) is 56.7 Å². The third-order valence-corrected chi connectivity index (χ3v) is 7.49. The van der Waals surface area contributed by atoms with Crippen LogP contribution in [0.25, 0.3) is 0 Å². The van der Waals surface area contributed by atoms with Crippen molar-refractivity contribution in [3.05, 3.63) is 64.2 Å². The number of hydrogen-bond donors (Lipinski definition) is 0. The zero-order valence-electron chi connectivity index (χ0n) is 20.3. The topological polar surface area (TPSA) is 119 Å². The fourth-order valence-electron chi connectivity index (χ4n) is 3.92. The summed E-state index contributed by atoms with van der Waals surface area (Å²) in [4.78, 5) is 25.0. The quantitative estimate of drug-likeness (QED) is 0.409. The number of carbonyl (C=O) groups excluding carboxylic acids is 1. The molecule has 2 aromatic rings. The number of nitro benzene ring substituents is 1. The lowest BCUT2D eigenvalue weighted by Gasteiger charge is -2.39. The van der Waals surface area contributed by atoms with Gasteiger partial charge in [-0.1, -0.05) is 12.1 Å². The predicted molar refractivity (Wildman–Crippen MR) is 130 cm³/mol. The van der Waals surface area contributed by atoms with Crippen LogP contribution in [0.3, 0.4) is 0 Å². The molecule has 1 unspecified atom stereocenters. The summed E-state index contributed by atoms with van der Waals surface area (Å²) in [5.74, 6) is 0.517. The Balaban J connectivity index is 1.96. The summed E-state index contributed by atoms with van der Waals surface area (Å²) < 4.78 is 39.5. The Bertz CT molecular complexity index is 1160. The Labute approximate surface area is 205 Å². The van der Waals surface area contributed by atoms with Crippen molar-refractivity contribution in [3.8, 4) is 5.75 Å². The number of carbonyl (C=O) groups is 1. The van der Waals surface area contributed by atoms with Gasteiger partial charge < -0.3 is 14.4 Å². The molecule has 1 fully saturated rings. The zero-order valence-corrected chi connectivity index (χ0v) is 21.2. The predicted octanol–water partition coefficient (Wildman–Crippen LogP) is 4.19. The molecular weight excluding hydrogens is 474 g/mol. The smallest absolute Gasteiger partial charge is 0.410 e. The first-order valence-electron chi connectivity index (χ1n) is 11.3. The number of nitrogens with zero attached hydrogens (tertiary/aromatic N) is 3. The van der Waals surface area contributed by atoms with Gasteiger partial charge in [-0.15, -0.1) is 0 Å². The van der Waals surface area contributed by atoms with Crippen molar-refractivity contribution in [3.63, 3.8) is 0 Å². The van der Waals surface area contributed by atoms with Crippen LogP contribution in [0.5, 0.6) is 5.75 Å². The summed E-state index contributed by atoms with van der Waals surface area (Å²) in [7, 11) is -2.52. The molecule has 1 amide bonds. The van der Waals surface area contributed by atoms with Gasteiger partial charge in [-0.05, 0) is 63.4 Å². The molecule has 0 aliphatic carbocycles. The van der Waals surface area contributed by atoms with Crippen LogP contribution >= 0.6 is 0 Å². The second-order valence-corrected chi connectivity index (χ2v) is 11.3. The number of nitro groups is 1. The molecule has 0 aromatic heterocycles. The first kappa shape index (κ1) is 26.4. The number of sulfonamides is 1. The number of piperidine rings is 1. The summed E-state index contributed by atoms with van der Waals surface area (Å²) in [5, 5.41) is 11.3. The van der Waals surface area contributed by atoms with E-state index in [2.05, 4.69) is 0 Å². The van der Waals surface area contributed by atoms with Crippen LogP contribution < -0.4 is 4.74 Å². The Morgan fingerprint density at radius 1 is 1.20 bits per heavy atom. The Morgan fingerprint density at radius 2 is 1.89 bits per heavy atom. The fourth-order valence-corrected chi connectivity index (χ4v) is 5.56. The van der Waals surface area contributed by atoms with Gasteiger partial charge in [0.1, 0.15) is 11.4 Å². The zero-order chi connectivity index (χ0) is 25.8. The van der Waals surface area contributed by atoms with Crippen LogP contribution in [0.4, 0.5) is 10.5 Å². The maximum Gasteiger partial charge on any atom is 0.410 e. The maximum atomic E-state index is 13.8. The minimum Gasteiger partial charge on any atom is -0.497 e. The van der Waals surface area contributed by atoms with E-state index in [1.807, 2.05) is 0 Å². The number of ether oxygens (including phenoxy) is 2. The van der Waals surface area contributed by atoms with Crippen LogP contribution in [0.2, 0.25) is 0 Å². The molecule has 1 saturated heterocycles. The number of rotatable bonds is 7. The van der Waals surface area contributed by atoms with E-state index in [0.717, 1.165) is 0 Å². The highest BCUT2D eigenvalue weighted by Gasteiger charge is 2.37. The molecular formula is C24H31N3O7S. The van der Waals surface area contributed by atoms with Gasteiger partial charge in [0.2, 0.25) is 10.0 Å². The van der Waals surface area contributed by atoms with Gasteiger partial charge in [-0.25, -0.2) is 13.2 Å². The van der Waals surface area contributed by atoms with Crippen molar-refractivity contribution >= 4 is 21.8 Å². The van der Waals surface area contributed by atoms with Gasteiger partial charge in [0.05, 0.1) is 16.9 Å². The summed E-state index contributed by atoms with van der Waals surface area (Å²) in [6, 6.07) is 11.4. The van der Waals surface area contributed by atoms with Crippen LogP contribution in [-0.2, 0) is 21.3 Å². The van der Waals surface area contributed by atoms with Crippen molar-refractivity contribution in [2.75, 3.05) is 20.2 Å². The molecule has 190 valence electrons. The molecule has 10 nitrogen and oxygen atoms in total. The molecule has 11 heteroatoms. The van der Waals surface area contributed by atoms with Gasteiger partial charge in [0.25, 0.3) is 5.69 Å². The minimum atomic E-state index is -4.01. The normalized spacial score (nSPS) is 16.7. The molecule has 2 aromatic carbocycles. The molecule has 0 N–H and O–H groups in total. The number of benzene rings is 2. The molecule has 3 rings (SSSR count). The summed E-state index contributed by atoms with van der Waals surface area (Å²) in [6.45, 7) is 5.85. The number of methoxy groups -OCH3 is 1. The Kier molecular flexibility index (Phi) is 8.01. The third kappa shape index (κ3) is 6.70. The first-order chi connectivity index (χ1) is 16.4. The lowest BCUT2D eigenvalue weighted by atomic mass is 10.1. The Morgan fingerprint density at radius 3 is 2.49 bits per heavy atom. The SMILES string of the molecule is COc1ccc(S(=O)(=O)N(Cc2cccc([N+](=O)[O-])c2)C2CCCN(C(=O)OC(C)(C)C)C2)cc1. The van der Waals surface area contributed by atoms with Gasteiger partial charge >= 0.3 is 6.09 Å². The van der Waals surface area contributed by atoms with Crippen molar-refractivity contribution in [1.29, 1.82) is 0 Å². The maximum absolute atomic E-state index is 13.8. The molecule has 0 spiro atoms. The lowest BCUT2D eigenvalue weighted by molar-refractivity contribution is -0.384. The number of likely N-dealkylation sites (tertiary alicyclic amines) is 1. The number of non-ortho nitro benzene ring substituents is 1. The molecule has 1 aliphatic rings. The molecule has 0 bridgehead atoms. The monoisotopic (exact) mass is 505 g/mol. The van der Waals surface area contributed by atoms with E-state index in [9.17, 15) is 23.3 Å². The van der Waals surface area contributed by atoms with Crippen molar-refractivity contribution in [1.82, 2.24) is 9.21 Å². The average Bonchev–Trinajstić information content (AvgIpc) is 2.81. The fraction of sp³-hybridized carbons (Fsp3) is 0.458. The highest BCUT2D eigenvalue weighted by atomic mass is 32.2. The van der Waals surface area contributed by atoms with Crippen LogP contribution in [0, 0.1) is 10.1 Å². The standard InChI is InChI=1S/C24H31N3O7S/c1-24(2,3)34-23(28)25-14-6-9-20(17-25)26(16-18-7-5-8-19(15-18)27(29)30)35(31,32)22-12-10-21(33-4)11-13-22/h5,7-8,10-13,15,20H,6,9,14,16-17H2,1-4H3. The summed E-state index contributed by atoms with van der Waals surface area (Å²) >= 11 is 0. The van der Waals surface area contributed by atoms with E-state index >= 15 is 0 Å². The second kappa shape index (κ2) is 10.6. The van der Waals surface area contributed by atoms with E-state index in [0.29, 0.717) is 30.7 Å². The van der Waals surface area contributed by atoms with E-state index in [-0.39, 0.29) is 23.7 Å². The van der Waals surface area contributed by atoms with E-state index in [1.54, 1.807) is 39.0 Å². The second-order valence-electron chi connectivity index (χ2n) is 9.38. The molecule has 1 aliphatic heterocycles. The molecule has 35 heavy (non-hydrogen) atoms.